The lowest BCUT2D eigenvalue weighted by Gasteiger charge is -2.32. The Bertz CT molecular complexity index is 662. The maximum atomic E-state index is 12.3. The van der Waals surface area contributed by atoms with Gasteiger partial charge in [-0.05, 0) is 19.1 Å². The van der Waals surface area contributed by atoms with Crippen LogP contribution in [-0.2, 0) is 14.8 Å². The molecule has 1 aliphatic rings. The van der Waals surface area contributed by atoms with Crippen molar-refractivity contribution in [1.29, 1.82) is 0 Å². The molecule has 1 aromatic rings. The quantitative estimate of drug-likeness (QED) is 0.811. The first-order valence-corrected chi connectivity index (χ1v) is 9.50. The highest BCUT2D eigenvalue weighted by atomic mass is 35.5. The number of halogens is 2. The van der Waals surface area contributed by atoms with Crippen molar-refractivity contribution in [2.45, 2.75) is 24.3 Å². The zero-order chi connectivity index (χ0) is 17.0. The molecular weight excluding hydrogens is 361 g/mol. The Labute approximate surface area is 146 Å². The standard InChI is InChI=1S/C14H19Cl2N3O3S/c1-10-9-19(8-7-17-10)13(20)5-6-18-23(21,22)14-11(15)3-2-4-12(14)16/h2-4,10,17-18H,5-9H2,1H3. The summed E-state index contributed by atoms with van der Waals surface area (Å²) >= 11 is 11.8. The Morgan fingerprint density at radius 2 is 2.04 bits per heavy atom. The van der Waals surface area contributed by atoms with Crippen molar-refractivity contribution < 1.29 is 13.2 Å². The Kier molecular flexibility index (Phi) is 6.27. The summed E-state index contributed by atoms with van der Waals surface area (Å²) in [6, 6.07) is 4.72. The number of amides is 1. The van der Waals surface area contributed by atoms with Gasteiger partial charge in [-0.15, -0.1) is 0 Å². The van der Waals surface area contributed by atoms with Gasteiger partial charge in [0.05, 0.1) is 10.0 Å². The maximum Gasteiger partial charge on any atom is 0.243 e. The Hall–Kier alpha value is -0.860. The summed E-state index contributed by atoms with van der Waals surface area (Å²) < 4.78 is 26.9. The van der Waals surface area contributed by atoms with E-state index in [1.165, 1.54) is 12.1 Å². The fourth-order valence-electron chi connectivity index (χ4n) is 2.42. The van der Waals surface area contributed by atoms with Crippen LogP contribution in [0, 0.1) is 0 Å². The number of nitrogens with one attached hydrogen (secondary N) is 2. The van der Waals surface area contributed by atoms with E-state index in [2.05, 4.69) is 10.0 Å². The molecule has 0 saturated carbocycles. The van der Waals surface area contributed by atoms with Gasteiger partial charge in [0.25, 0.3) is 0 Å². The van der Waals surface area contributed by atoms with Crippen molar-refractivity contribution in [3.8, 4) is 0 Å². The molecule has 0 spiro atoms. The largest absolute Gasteiger partial charge is 0.340 e. The number of sulfonamides is 1. The minimum Gasteiger partial charge on any atom is -0.340 e. The molecule has 1 aliphatic heterocycles. The van der Waals surface area contributed by atoms with Crippen molar-refractivity contribution in [2.24, 2.45) is 0 Å². The second kappa shape index (κ2) is 7.81. The highest BCUT2D eigenvalue weighted by Crippen LogP contribution is 2.28. The molecule has 0 radical (unpaired) electrons. The molecule has 1 fully saturated rings. The van der Waals surface area contributed by atoms with E-state index in [0.717, 1.165) is 6.54 Å². The van der Waals surface area contributed by atoms with Crippen LogP contribution in [0.4, 0.5) is 0 Å². The Morgan fingerprint density at radius 3 is 2.65 bits per heavy atom. The van der Waals surface area contributed by atoms with Crippen molar-refractivity contribution >= 4 is 39.1 Å². The van der Waals surface area contributed by atoms with Crippen LogP contribution in [-0.4, -0.2) is 51.4 Å². The van der Waals surface area contributed by atoms with Crippen LogP contribution in [0.1, 0.15) is 13.3 Å². The van der Waals surface area contributed by atoms with Gasteiger partial charge in [0.2, 0.25) is 15.9 Å². The summed E-state index contributed by atoms with van der Waals surface area (Å²) in [5.41, 5.74) is 0. The third-order valence-corrected chi connectivity index (χ3v) is 5.96. The SMILES string of the molecule is CC1CN(C(=O)CCNS(=O)(=O)c2c(Cl)cccc2Cl)CCN1. The zero-order valence-corrected chi connectivity index (χ0v) is 15.0. The number of nitrogens with zero attached hydrogens (tertiary/aromatic N) is 1. The van der Waals surface area contributed by atoms with E-state index in [9.17, 15) is 13.2 Å². The smallest absolute Gasteiger partial charge is 0.243 e. The van der Waals surface area contributed by atoms with Gasteiger partial charge in [0.1, 0.15) is 4.90 Å². The molecule has 6 nitrogen and oxygen atoms in total. The number of carbonyl (C=O) groups is 1. The fourth-order valence-corrected chi connectivity index (χ4v) is 4.59. The molecule has 0 aliphatic carbocycles. The maximum absolute atomic E-state index is 12.3. The second-order valence-corrected chi connectivity index (χ2v) is 7.91. The van der Waals surface area contributed by atoms with Gasteiger partial charge in [-0.3, -0.25) is 4.79 Å². The first kappa shape index (κ1) is 18.5. The monoisotopic (exact) mass is 379 g/mol. The van der Waals surface area contributed by atoms with E-state index in [1.807, 2.05) is 6.92 Å². The van der Waals surface area contributed by atoms with Crippen LogP contribution in [0.3, 0.4) is 0 Å². The van der Waals surface area contributed by atoms with Gasteiger partial charge in [0, 0.05) is 38.6 Å². The lowest BCUT2D eigenvalue weighted by molar-refractivity contribution is -0.132. The predicted octanol–water partition coefficient (Wildman–Crippen LogP) is 1.48. The summed E-state index contributed by atoms with van der Waals surface area (Å²) in [5, 5.41) is 3.34. The highest BCUT2D eigenvalue weighted by molar-refractivity contribution is 7.89. The number of hydrogen-bond acceptors (Lipinski definition) is 4. The summed E-state index contributed by atoms with van der Waals surface area (Å²) in [7, 11) is -3.86. The number of piperazine rings is 1. The summed E-state index contributed by atoms with van der Waals surface area (Å²) in [6.07, 6.45) is 0.0913. The molecule has 1 atom stereocenters. The molecule has 1 aromatic carbocycles. The number of benzene rings is 1. The number of carbonyl (C=O) groups excluding carboxylic acids is 1. The first-order chi connectivity index (χ1) is 10.8. The second-order valence-electron chi connectivity index (χ2n) is 5.39. The van der Waals surface area contributed by atoms with Crippen molar-refractivity contribution in [3.63, 3.8) is 0 Å². The van der Waals surface area contributed by atoms with Crippen molar-refractivity contribution in [1.82, 2.24) is 14.9 Å². The summed E-state index contributed by atoms with van der Waals surface area (Å²) in [5.74, 6) is -0.0775. The van der Waals surface area contributed by atoms with Gasteiger partial charge < -0.3 is 10.2 Å². The zero-order valence-electron chi connectivity index (χ0n) is 12.7. The minimum absolute atomic E-state index is 0.00102. The summed E-state index contributed by atoms with van der Waals surface area (Å²) in [6.45, 7) is 4.00. The third kappa shape index (κ3) is 4.81. The minimum atomic E-state index is -3.86. The average Bonchev–Trinajstić information content (AvgIpc) is 2.46. The van der Waals surface area contributed by atoms with Crippen LogP contribution in [0.25, 0.3) is 0 Å². The lowest BCUT2D eigenvalue weighted by Crippen LogP contribution is -2.51. The van der Waals surface area contributed by atoms with Crippen LogP contribution in [0.5, 0.6) is 0 Å². The molecule has 0 aromatic heterocycles. The molecule has 23 heavy (non-hydrogen) atoms. The van der Waals surface area contributed by atoms with Gasteiger partial charge in [0.15, 0.2) is 0 Å². The molecule has 2 rings (SSSR count). The molecule has 9 heteroatoms. The van der Waals surface area contributed by atoms with Gasteiger partial charge in [-0.2, -0.15) is 0 Å². The van der Waals surface area contributed by atoms with Crippen molar-refractivity contribution in [2.75, 3.05) is 26.2 Å². The van der Waals surface area contributed by atoms with E-state index in [4.69, 9.17) is 23.2 Å². The fraction of sp³-hybridized carbons (Fsp3) is 0.500. The van der Waals surface area contributed by atoms with Crippen LogP contribution >= 0.6 is 23.2 Å². The predicted molar refractivity (Wildman–Crippen MR) is 90.3 cm³/mol. The molecular formula is C14H19Cl2N3O3S. The molecule has 0 bridgehead atoms. The third-order valence-electron chi connectivity index (χ3n) is 3.54. The molecule has 1 heterocycles. The van der Waals surface area contributed by atoms with Crippen LogP contribution in [0.15, 0.2) is 23.1 Å². The highest BCUT2D eigenvalue weighted by Gasteiger charge is 2.23. The van der Waals surface area contributed by atoms with E-state index in [1.54, 1.807) is 11.0 Å². The average molecular weight is 380 g/mol. The Morgan fingerprint density at radius 1 is 1.39 bits per heavy atom. The molecule has 128 valence electrons. The van der Waals surface area contributed by atoms with E-state index in [0.29, 0.717) is 13.1 Å². The van der Waals surface area contributed by atoms with Gasteiger partial charge in [-0.1, -0.05) is 29.3 Å². The number of rotatable bonds is 5. The van der Waals surface area contributed by atoms with E-state index in [-0.39, 0.29) is 39.9 Å². The first-order valence-electron chi connectivity index (χ1n) is 7.26. The van der Waals surface area contributed by atoms with E-state index < -0.39 is 10.0 Å². The van der Waals surface area contributed by atoms with Gasteiger partial charge in [-0.25, -0.2) is 13.1 Å². The van der Waals surface area contributed by atoms with Crippen LogP contribution < -0.4 is 10.0 Å². The number of hydrogen-bond donors (Lipinski definition) is 2. The normalized spacial score (nSPS) is 18.9. The topological polar surface area (TPSA) is 78.5 Å². The molecule has 2 N–H and O–H groups in total. The van der Waals surface area contributed by atoms with Crippen molar-refractivity contribution in [3.05, 3.63) is 28.2 Å². The van der Waals surface area contributed by atoms with Gasteiger partial charge >= 0.3 is 0 Å². The summed E-state index contributed by atoms with van der Waals surface area (Å²) in [4.78, 5) is 13.7. The lowest BCUT2D eigenvalue weighted by atomic mass is 10.2. The van der Waals surface area contributed by atoms with E-state index >= 15 is 0 Å². The molecule has 1 amide bonds. The Balaban J connectivity index is 1.94. The molecule has 1 saturated heterocycles. The van der Waals surface area contributed by atoms with Crippen LogP contribution in [0.2, 0.25) is 10.0 Å². The molecule has 1 unspecified atom stereocenters.